The summed E-state index contributed by atoms with van der Waals surface area (Å²) in [5, 5.41) is 1.14. The molecule has 0 aliphatic heterocycles. The Morgan fingerprint density at radius 3 is 2.06 bits per heavy atom. The molecule has 0 aliphatic rings. The molecule has 0 N–H and O–H groups in total. The lowest BCUT2D eigenvalue weighted by atomic mass is 10.0. The van der Waals surface area contributed by atoms with E-state index < -0.39 is 17.5 Å². The van der Waals surface area contributed by atoms with Crippen molar-refractivity contribution in [2.75, 3.05) is 0 Å². The fraction of sp³-hybridized carbons (Fsp3) is 0.133. The molecule has 4 aromatic carbocycles. The predicted molar refractivity (Wildman–Crippen MR) is 127 cm³/mol. The van der Waals surface area contributed by atoms with Crippen molar-refractivity contribution in [1.29, 1.82) is 0 Å². The van der Waals surface area contributed by atoms with Gasteiger partial charge in [0.05, 0.1) is 5.56 Å². The first-order valence-electron chi connectivity index (χ1n) is 10.8. The summed E-state index contributed by atoms with van der Waals surface area (Å²) < 4.78 is 41.3. The third kappa shape index (κ3) is 5.46. The smallest absolute Gasteiger partial charge is 0.160 e. The number of unbranched alkanes of at least 4 members (excludes halogenated alkanes) is 1. The predicted octanol–water partition coefficient (Wildman–Crippen LogP) is 7.40. The van der Waals surface area contributed by atoms with E-state index in [1.54, 1.807) is 24.3 Å². The van der Waals surface area contributed by atoms with E-state index in [1.807, 2.05) is 18.2 Å². The highest BCUT2D eigenvalue weighted by Gasteiger charge is 2.06. The second-order valence-corrected chi connectivity index (χ2v) is 7.79. The first-order valence-corrected chi connectivity index (χ1v) is 10.8. The highest BCUT2D eigenvalue weighted by molar-refractivity contribution is 5.86. The maximum atomic E-state index is 15.0. The molecule has 4 aromatic rings. The Bertz CT molecular complexity index is 1430. The summed E-state index contributed by atoms with van der Waals surface area (Å²) in [5.41, 5.74) is 3.50. The average molecular weight is 438 g/mol. The minimum atomic E-state index is -0.984. The maximum absolute atomic E-state index is 15.0. The molecule has 162 valence electrons. The molecule has 33 heavy (non-hydrogen) atoms. The molecule has 0 unspecified atom stereocenters. The summed E-state index contributed by atoms with van der Waals surface area (Å²) >= 11 is 0. The topological polar surface area (TPSA) is 0 Å². The summed E-state index contributed by atoms with van der Waals surface area (Å²) in [4.78, 5) is 0. The molecule has 0 atom stereocenters. The van der Waals surface area contributed by atoms with Gasteiger partial charge in [0, 0.05) is 22.1 Å². The van der Waals surface area contributed by atoms with Gasteiger partial charge in [-0.3, -0.25) is 0 Å². The third-order valence-corrected chi connectivity index (χ3v) is 5.34. The molecule has 0 fully saturated rings. The van der Waals surface area contributed by atoms with Crippen molar-refractivity contribution in [3.8, 4) is 23.7 Å². The van der Waals surface area contributed by atoms with Crippen LogP contribution in [0.5, 0.6) is 0 Å². The monoisotopic (exact) mass is 438 g/mol. The molecule has 3 heteroatoms. The van der Waals surface area contributed by atoms with E-state index in [4.69, 9.17) is 0 Å². The first kappa shape index (κ1) is 22.3. The minimum Gasteiger partial charge on any atom is -0.205 e. The molecule has 0 spiro atoms. The van der Waals surface area contributed by atoms with Crippen LogP contribution in [-0.2, 0) is 6.42 Å². The van der Waals surface area contributed by atoms with Crippen LogP contribution in [0.25, 0.3) is 10.8 Å². The molecule has 0 saturated carbocycles. The van der Waals surface area contributed by atoms with Crippen molar-refractivity contribution in [3.63, 3.8) is 0 Å². The average Bonchev–Trinajstić information content (AvgIpc) is 2.83. The van der Waals surface area contributed by atoms with E-state index in [-0.39, 0.29) is 11.1 Å². The van der Waals surface area contributed by atoms with Gasteiger partial charge in [0.15, 0.2) is 11.6 Å². The van der Waals surface area contributed by atoms with E-state index in [0.29, 0.717) is 10.8 Å². The highest BCUT2D eigenvalue weighted by Crippen LogP contribution is 2.22. The molecule has 0 aliphatic carbocycles. The van der Waals surface area contributed by atoms with Crippen LogP contribution in [0.15, 0.2) is 72.8 Å². The van der Waals surface area contributed by atoms with Crippen LogP contribution in [0.2, 0.25) is 0 Å². The Morgan fingerprint density at radius 2 is 1.30 bits per heavy atom. The number of hydrogen-bond acceptors (Lipinski definition) is 0. The fourth-order valence-corrected chi connectivity index (χ4v) is 3.46. The van der Waals surface area contributed by atoms with Crippen LogP contribution in [-0.4, -0.2) is 0 Å². The lowest BCUT2D eigenvalue weighted by Crippen LogP contribution is -1.89. The Balaban J connectivity index is 1.56. The molecule has 0 bridgehead atoms. The zero-order valence-electron chi connectivity index (χ0n) is 18.2. The number of fused-ring (bicyclic) bond motifs is 1. The Labute approximate surface area is 192 Å². The van der Waals surface area contributed by atoms with Crippen molar-refractivity contribution < 1.29 is 13.2 Å². The lowest BCUT2D eigenvalue weighted by Gasteiger charge is -2.03. The van der Waals surface area contributed by atoms with Gasteiger partial charge < -0.3 is 0 Å². The molecule has 4 rings (SSSR count). The van der Waals surface area contributed by atoms with E-state index >= 15 is 0 Å². The van der Waals surface area contributed by atoms with Crippen LogP contribution >= 0.6 is 0 Å². The number of aryl methyl sites for hydroxylation is 1. The summed E-state index contributed by atoms with van der Waals surface area (Å²) in [6.07, 6.45) is 3.43. The van der Waals surface area contributed by atoms with Crippen LogP contribution in [0.1, 0.15) is 47.6 Å². The molecule has 0 heterocycles. The van der Waals surface area contributed by atoms with Crippen LogP contribution in [0, 0.1) is 41.1 Å². The second kappa shape index (κ2) is 10.1. The van der Waals surface area contributed by atoms with Gasteiger partial charge in [0.1, 0.15) is 5.82 Å². The summed E-state index contributed by atoms with van der Waals surface area (Å²) in [6, 6.07) is 20.3. The molecular formula is C30H21F3. The van der Waals surface area contributed by atoms with E-state index in [1.165, 1.54) is 24.5 Å². The lowest BCUT2D eigenvalue weighted by molar-refractivity contribution is 0.508. The summed E-state index contributed by atoms with van der Waals surface area (Å²) in [6.45, 7) is 2.18. The van der Waals surface area contributed by atoms with Gasteiger partial charge in [-0.25, -0.2) is 13.2 Å². The Kier molecular flexibility index (Phi) is 6.82. The number of hydrogen-bond donors (Lipinski definition) is 0. The highest BCUT2D eigenvalue weighted by atomic mass is 19.2. The molecule has 0 saturated heterocycles. The number of benzene rings is 4. The second-order valence-electron chi connectivity index (χ2n) is 7.79. The normalized spacial score (nSPS) is 10.3. The SMILES string of the molecule is CCCCc1ccc(C#Cc2ccc3c(F)c(C#Cc4ccc(F)c(F)c4)ccc3c2)cc1. The van der Waals surface area contributed by atoms with Gasteiger partial charge in [-0.1, -0.05) is 61.3 Å². The number of halogens is 3. The van der Waals surface area contributed by atoms with Crippen molar-refractivity contribution in [2.45, 2.75) is 26.2 Å². The largest absolute Gasteiger partial charge is 0.205 e. The van der Waals surface area contributed by atoms with Gasteiger partial charge in [0.25, 0.3) is 0 Å². The van der Waals surface area contributed by atoms with E-state index in [9.17, 15) is 13.2 Å². The van der Waals surface area contributed by atoms with Crippen LogP contribution < -0.4 is 0 Å². The summed E-state index contributed by atoms with van der Waals surface area (Å²) in [5.74, 6) is 9.30. The van der Waals surface area contributed by atoms with Crippen LogP contribution in [0.4, 0.5) is 13.2 Å². The molecular weight excluding hydrogens is 417 g/mol. The van der Waals surface area contributed by atoms with Crippen molar-refractivity contribution in [1.82, 2.24) is 0 Å². The van der Waals surface area contributed by atoms with Crippen molar-refractivity contribution >= 4 is 10.8 Å². The minimum absolute atomic E-state index is 0.189. The Morgan fingerprint density at radius 1 is 0.636 bits per heavy atom. The van der Waals surface area contributed by atoms with Gasteiger partial charge in [-0.05, 0) is 72.3 Å². The van der Waals surface area contributed by atoms with Crippen molar-refractivity contribution in [3.05, 3.63) is 118 Å². The molecule has 0 aromatic heterocycles. The molecule has 0 radical (unpaired) electrons. The van der Waals surface area contributed by atoms with Gasteiger partial charge in [-0.15, -0.1) is 0 Å². The number of rotatable bonds is 3. The Hall–Kier alpha value is -3.95. The van der Waals surface area contributed by atoms with Gasteiger partial charge >= 0.3 is 0 Å². The van der Waals surface area contributed by atoms with Crippen molar-refractivity contribution in [2.24, 2.45) is 0 Å². The third-order valence-electron chi connectivity index (χ3n) is 5.34. The van der Waals surface area contributed by atoms with Crippen LogP contribution in [0.3, 0.4) is 0 Å². The molecule has 0 nitrogen and oxygen atoms in total. The summed E-state index contributed by atoms with van der Waals surface area (Å²) in [7, 11) is 0. The first-order chi connectivity index (χ1) is 16.0. The quantitative estimate of drug-likeness (QED) is 0.292. The van der Waals surface area contributed by atoms with Gasteiger partial charge in [-0.2, -0.15) is 0 Å². The van der Waals surface area contributed by atoms with Gasteiger partial charge in [0.2, 0.25) is 0 Å². The fourth-order valence-electron chi connectivity index (χ4n) is 3.46. The van der Waals surface area contributed by atoms with E-state index in [2.05, 4.69) is 42.7 Å². The maximum Gasteiger partial charge on any atom is 0.160 e. The standard InChI is InChI=1S/C30H21F3/c1-2-3-4-21-5-7-22(8-6-21)9-10-23-12-17-27-26(19-23)16-15-25(30(27)33)14-11-24-13-18-28(31)29(32)20-24/h5-8,12-13,15-20H,2-4H2,1H3. The van der Waals surface area contributed by atoms with E-state index in [0.717, 1.165) is 29.7 Å². The molecule has 0 amide bonds. The zero-order chi connectivity index (χ0) is 23.2. The zero-order valence-corrected chi connectivity index (χ0v) is 18.2.